The summed E-state index contributed by atoms with van der Waals surface area (Å²) in [4.78, 5) is 13.0. The molecule has 2 rings (SSSR count). The molecule has 3 N–H and O–H groups in total. The summed E-state index contributed by atoms with van der Waals surface area (Å²) >= 11 is 0. The van der Waals surface area contributed by atoms with E-state index >= 15 is 0 Å². The van der Waals surface area contributed by atoms with E-state index < -0.39 is 33.9 Å². The second-order valence-electron chi connectivity index (χ2n) is 4.99. The second-order valence-corrected chi connectivity index (χ2v) is 6.32. The Hall–Kier alpha value is -1.65. The Balaban J connectivity index is 2.14. The fraction of sp³-hybridized carbons (Fsp3) is 0.417. The summed E-state index contributed by atoms with van der Waals surface area (Å²) in [5.74, 6) is -0.432. The maximum absolute atomic E-state index is 12.9. The van der Waals surface area contributed by atoms with E-state index in [1.807, 2.05) is 0 Å². The molecule has 1 amide bonds. The summed E-state index contributed by atoms with van der Waals surface area (Å²) in [6.07, 6.45) is -4.65. The monoisotopic (exact) mass is 337 g/mol. The van der Waals surface area contributed by atoms with Crippen LogP contribution in [0.25, 0.3) is 0 Å². The van der Waals surface area contributed by atoms with Crippen LogP contribution >= 0.6 is 0 Å². The summed E-state index contributed by atoms with van der Waals surface area (Å²) in [5.41, 5.74) is -0.856. The average molecular weight is 337 g/mol. The number of rotatable bonds is 4. The van der Waals surface area contributed by atoms with Gasteiger partial charge in [0.15, 0.2) is 0 Å². The number of benzene rings is 1. The Bertz CT molecular complexity index is 676. The number of nitrogens with two attached hydrogens (primary N) is 1. The molecule has 1 atom stereocenters. The van der Waals surface area contributed by atoms with Gasteiger partial charge in [-0.1, -0.05) is 18.2 Å². The number of alkyl halides is 3. The van der Waals surface area contributed by atoms with Gasteiger partial charge >= 0.3 is 6.18 Å². The van der Waals surface area contributed by atoms with E-state index in [2.05, 4.69) is 4.72 Å². The molecule has 122 valence electrons. The van der Waals surface area contributed by atoms with Crippen LogP contribution in [0.3, 0.4) is 0 Å². The molecule has 10 heteroatoms. The third kappa shape index (κ3) is 4.18. The predicted octanol–water partition coefficient (Wildman–Crippen LogP) is 0.599. The molecular weight excluding hydrogens is 323 g/mol. The molecule has 0 bridgehead atoms. The van der Waals surface area contributed by atoms with Crippen LogP contribution in [0, 0.1) is 0 Å². The van der Waals surface area contributed by atoms with E-state index in [1.165, 1.54) is 23.1 Å². The predicted molar refractivity (Wildman–Crippen MR) is 71.5 cm³/mol. The number of nitrogens with one attached hydrogen (secondary N) is 1. The van der Waals surface area contributed by atoms with Crippen LogP contribution < -0.4 is 9.86 Å². The SMILES string of the molecule is NS(=O)(=O)NC1CC(=O)N(Cc2ccccc2C(F)(F)F)C1. The molecule has 0 aromatic heterocycles. The molecule has 1 unspecified atom stereocenters. The lowest BCUT2D eigenvalue weighted by molar-refractivity contribution is -0.139. The zero-order valence-corrected chi connectivity index (χ0v) is 12.1. The number of amides is 1. The fourth-order valence-electron chi connectivity index (χ4n) is 2.38. The number of hydrogen-bond acceptors (Lipinski definition) is 3. The van der Waals surface area contributed by atoms with Crippen molar-refractivity contribution in [2.24, 2.45) is 5.14 Å². The maximum atomic E-state index is 12.9. The summed E-state index contributed by atoms with van der Waals surface area (Å²) < 4.78 is 62.7. The van der Waals surface area contributed by atoms with Crippen molar-refractivity contribution in [2.75, 3.05) is 6.54 Å². The molecule has 22 heavy (non-hydrogen) atoms. The fourth-order valence-corrected chi connectivity index (χ4v) is 3.00. The van der Waals surface area contributed by atoms with E-state index in [-0.39, 0.29) is 25.1 Å². The lowest BCUT2D eigenvalue weighted by atomic mass is 10.1. The summed E-state index contributed by atoms with van der Waals surface area (Å²) in [6.45, 7) is -0.265. The molecule has 0 aliphatic carbocycles. The van der Waals surface area contributed by atoms with Crippen LogP contribution in [0.2, 0.25) is 0 Å². The molecule has 1 aliphatic heterocycles. The Labute approximate surface area is 125 Å². The maximum Gasteiger partial charge on any atom is 0.416 e. The van der Waals surface area contributed by atoms with E-state index in [0.29, 0.717) is 0 Å². The molecule has 1 aromatic rings. The van der Waals surface area contributed by atoms with Crippen LogP contribution in [-0.4, -0.2) is 31.8 Å². The largest absolute Gasteiger partial charge is 0.416 e. The molecule has 0 radical (unpaired) electrons. The van der Waals surface area contributed by atoms with Crippen molar-refractivity contribution in [3.63, 3.8) is 0 Å². The summed E-state index contributed by atoms with van der Waals surface area (Å²) in [6, 6.07) is 4.21. The van der Waals surface area contributed by atoms with Gasteiger partial charge < -0.3 is 4.90 Å². The summed E-state index contributed by atoms with van der Waals surface area (Å²) in [7, 11) is -3.97. The Morgan fingerprint density at radius 1 is 1.32 bits per heavy atom. The topological polar surface area (TPSA) is 92.5 Å². The molecule has 1 saturated heterocycles. The molecule has 1 aliphatic rings. The van der Waals surface area contributed by atoms with Crippen LogP contribution in [-0.2, 0) is 27.7 Å². The van der Waals surface area contributed by atoms with Crippen molar-refractivity contribution in [3.8, 4) is 0 Å². The van der Waals surface area contributed by atoms with Gasteiger partial charge in [0.2, 0.25) is 5.91 Å². The Kier molecular flexibility index (Phi) is 4.45. The van der Waals surface area contributed by atoms with Gasteiger partial charge in [0.25, 0.3) is 10.2 Å². The lowest BCUT2D eigenvalue weighted by Crippen LogP contribution is -2.40. The Morgan fingerprint density at radius 2 is 1.95 bits per heavy atom. The number of carbonyl (C=O) groups excluding carboxylic acids is 1. The van der Waals surface area contributed by atoms with Gasteiger partial charge in [-0.05, 0) is 11.6 Å². The van der Waals surface area contributed by atoms with Crippen LogP contribution in [0.1, 0.15) is 17.5 Å². The van der Waals surface area contributed by atoms with Gasteiger partial charge in [-0.15, -0.1) is 0 Å². The standard InChI is InChI=1S/C12H14F3N3O3S/c13-12(14,15)10-4-2-1-3-8(10)6-18-7-9(5-11(18)19)17-22(16,20)21/h1-4,9,17H,5-7H2,(H2,16,20,21). The normalized spacial score (nSPS) is 19.7. The first-order valence-electron chi connectivity index (χ1n) is 6.29. The first-order valence-corrected chi connectivity index (χ1v) is 7.84. The lowest BCUT2D eigenvalue weighted by Gasteiger charge is -2.20. The van der Waals surface area contributed by atoms with Gasteiger partial charge in [-0.2, -0.15) is 26.3 Å². The molecule has 6 nitrogen and oxygen atoms in total. The minimum absolute atomic E-state index is 0.0263. The molecule has 0 spiro atoms. The smallest absolute Gasteiger partial charge is 0.337 e. The molecular formula is C12H14F3N3O3S. The van der Waals surface area contributed by atoms with Crippen molar-refractivity contribution >= 4 is 16.1 Å². The Morgan fingerprint density at radius 3 is 2.55 bits per heavy atom. The van der Waals surface area contributed by atoms with E-state index in [0.717, 1.165) is 6.07 Å². The quantitative estimate of drug-likeness (QED) is 0.843. The highest BCUT2D eigenvalue weighted by molar-refractivity contribution is 7.87. The molecule has 1 aromatic carbocycles. The third-order valence-electron chi connectivity index (χ3n) is 3.23. The van der Waals surface area contributed by atoms with E-state index in [9.17, 15) is 26.4 Å². The second kappa shape index (κ2) is 5.86. The number of carbonyl (C=O) groups is 1. The summed E-state index contributed by atoms with van der Waals surface area (Å²) in [5, 5.41) is 4.82. The van der Waals surface area contributed by atoms with E-state index in [4.69, 9.17) is 5.14 Å². The van der Waals surface area contributed by atoms with Crippen molar-refractivity contribution in [2.45, 2.75) is 25.2 Å². The van der Waals surface area contributed by atoms with Crippen LogP contribution in [0.4, 0.5) is 13.2 Å². The highest BCUT2D eigenvalue weighted by atomic mass is 32.2. The van der Waals surface area contributed by atoms with Crippen molar-refractivity contribution in [1.82, 2.24) is 9.62 Å². The number of likely N-dealkylation sites (tertiary alicyclic amines) is 1. The van der Waals surface area contributed by atoms with Gasteiger partial charge in [0, 0.05) is 25.6 Å². The van der Waals surface area contributed by atoms with Gasteiger partial charge in [-0.25, -0.2) is 5.14 Å². The number of hydrogen-bond donors (Lipinski definition) is 2. The third-order valence-corrected chi connectivity index (χ3v) is 3.89. The first kappa shape index (κ1) is 16.7. The van der Waals surface area contributed by atoms with Crippen molar-refractivity contribution in [1.29, 1.82) is 0 Å². The zero-order chi connectivity index (χ0) is 16.5. The van der Waals surface area contributed by atoms with E-state index in [1.54, 1.807) is 0 Å². The minimum atomic E-state index is -4.52. The van der Waals surface area contributed by atoms with Crippen LogP contribution in [0.5, 0.6) is 0 Å². The van der Waals surface area contributed by atoms with Crippen LogP contribution in [0.15, 0.2) is 24.3 Å². The zero-order valence-electron chi connectivity index (χ0n) is 11.3. The molecule has 1 fully saturated rings. The minimum Gasteiger partial charge on any atom is -0.337 e. The number of halogens is 3. The van der Waals surface area contributed by atoms with Crippen molar-refractivity contribution in [3.05, 3.63) is 35.4 Å². The first-order chi connectivity index (χ1) is 10.1. The highest BCUT2D eigenvalue weighted by Gasteiger charge is 2.36. The van der Waals surface area contributed by atoms with Gasteiger partial charge in [0.05, 0.1) is 5.56 Å². The highest BCUT2D eigenvalue weighted by Crippen LogP contribution is 2.32. The molecule has 0 saturated carbocycles. The molecule has 1 heterocycles. The average Bonchev–Trinajstić information content (AvgIpc) is 2.66. The van der Waals surface area contributed by atoms with Gasteiger partial charge in [0.1, 0.15) is 0 Å². The van der Waals surface area contributed by atoms with Crippen molar-refractivity contribution < 1.29 is 26.4 Å². The van der Waals surface area contributed by atoms with Gasteiger partial charge in [-0.3, -0.25) is 4.79 Å². The number of nitrogens with zero attached hydrogens (tertiary/aromatic N) is 1.